The Morgan fingerprint density at radius 3 is 2.48 bits per heavy atom. The van der Waals surface area contributed by atoms with Crippen LogP contribution in [0.2, 0.25) is 0 Å². The quantitative estimate of drug-likeness (QED) is 0.247. The van der Waals surface area contributed by atoms with Crippen LogP contribution in [0.3, 0.4) is 0 Å². The predicted molar refractivity (Wildman–Crippen MR) is 131 cm³/mol. The molecule has 8 heteroatoms. The number of aryl methyl sites for hydroxylation is 1. The van der Waals surface area contributed by atoms with Crippen LogP contribution in [0.15, 0.2) is 47.6 Å². The second-order valence-corrected chi connectivity index (χ2v) is 7.09. The van der Waals surface area contributed by atoms with Crippen LogP contribution >= 0.6 is 24.0 Å². The summed E-state index contributed by atoms with van der Waals surface area (Å²) in [6.07, 6.45) is 2.92. The number of nitrogens with zero attached hydrogens (tertiary/aromatic N) is 5. The number of rotatable bonds is 8. The minimum absolute atomic E-state index is 0. The number of hydrogen-bond acceptors (Lipinski definition) is 4. The van der Waals surface area contributed by atoms with Crippen LogP contribution in [0.1, 0.15) is 19.0 Å². The van der Waals surface area contributed by atoms with Gasteiger partial charge in [-0.05, 0) is 38.1 Å². The monoisotopic (exact) mass is 511 g/mol. The van der Waals surface area contributed by atoms with Gasteiger partial charge in [-0.25, -0.2) is 4.99 Å². The van der Waals surface area contributed by atoms with Crippen LogP contribution in [0.25, 0.3) is 0 Å². The van der Waals surface area contributed by atoms with E-state index in [1.54, 1.807) is 0 Å². The summed E-state index contributed by atoms with van der Waals surface area (Å²) in [6, 6.07) is 12.7. The van der Waals surface area contributed by atoms with Gasteiger partial charge in [0.15, 0.2) is 5.96 Å². The first-order valence-electron chi connectivity index (χ1n) is 10.3. The first kappa shape index (κ1) is 23.5. The fourth-order valence-electron chi connectivity index (χ4n) is 3.44. The number of nitrogens with one attached hydrogen (secondary N) is 2. The van der Waals surface area contributed by atoms with E-state index in [1.807, 2.05) is 24.0 Å². The van der Waals surface area contributed by atoms with E-state index in [0.717, 1.165) is 63.9 Å². The van der Waals surface area contributed by atoms with E-state index in [1.165, 1.54) is 5.69 Å². The van der Waals surface area contributed by atoms with Crippen LogP contribution in [0.5, 0.6) is 0 Å². The van der Waals surface area contributed by atoms with Crippen LogP contribution < -0.4 is 15.5 Å². The lowest BCUT2D eigenvalue weighted by Gasteiger charge is -2.36. The SMILES string of the molecule is CCNC(=NCc1ccnn1C)NCCCN1CCN(c2ccccc2)CC1.I. The third-order valence-corrected chi connectivity index (χ3v) is 5.10. The average Bonchev–Trinajstić information content (AvgIpc) is 3.15. The number of para-hydroxylation sites is 1. The molecule has 29 heavy (non-hydrogen) atoms. The van der Waals surface area contributed by atoms with Crippen molar-refractivity contribution in [2.75, 3.05) is 50.7 Å². The van der Waals surface area contributed by atoms with Crippen molar-refractivity contribution in [2.45, 2.75) is 19.9 Å². The molecule has 1 aliphatic rings. The van der Waals surface area contributed by atoms with Gasteiger partial charge in [0.25, 0.3) is 0 Å². The van der Waals surface area contributed by atoms with Crippen molar-refractivity contribution in [3.63, 3.8) is 0 Å². The van der Waals surface area contributed by atoms with E-state index in [9.17, 15) is 0 Å². The zero-order valence-corrected chi connectivity index (χ0v) is 19.9. The molecule has 0 amide bonds. The van der Waals surface area contributed by atoms with E-state index < -0.39 is 0 Å². The number of anilines is 1. The van der Waals surface area contributed by atoms with Gasteiger partial charge in [0.1, 0.15) is 0 Å². The molecule has 2 N–H and O–H groups in total. The van der Waals surface area contributed by atoms with Gasteiger partial charge in [-0.3, -0.25) is 9.58 Å². The number of guanidine groups is 1. The lowest BCUT2D eigenvalue weighted by Crippen LogP contribution is -2.47. The van der Waals surface area contributed by atoms with Crippen molar-refractivity contribution in [1.82, 2.24) is 25.3 Å². The molecule has 3 rings (SSSR count). The molecule has 7 nitrogen and oxygen atoms in total. The number of hydrogen-bond donors (Lipinski definition) is 2. The summed E-state index contributed by atoms with van der Waals surface area (Å²) in [5.41, 5.74) is 2.44. The number of aromatic nitrogens is 2. The van der Waals surface area contributed by atoms with E-state index in [2.05, 4.69) is 67.8 Å². The van der Waals surface area contributed by atoms with Gasteiger partial charge in [0.2, 0.25) is 0 Å². The molecule has 0 aliphatic carbocycles. The molecule has 0 saturated carbocycles. The molecule has 0 bridgehead atoms. The fourth-order valence-corrected chi connectivity index (χ4v) is 3.44. The molecule has 1 aromatic carbocycles. The molecule has 1 aromatic heterocycles. The summed E-state index contributed by atoms with van der Waals surface area (Å²) in [4.78, 5) is 9.69. The van der Waals surface area contributed by atoms with Crippen molar-refractivity contribution >= 4 is 35.6 Å². The maximum atomic E-state index is 4.66. The Labute approximate surface area is 191 Å². The van der Waals surface area contributed by atoms with Crippen molar-refractivity contribution in [3.8, 4) is 0 Å². The number of benzene rings is 1. The molecule has 2 heterocycles. The van der Waals surface area contributed by atoms with Crippen molar-refractivity contribution in [3.05, 3.63) is 48.3 Å². The summed E-state index contributed by atoms with van der Waals surface area (Å²) in [5.74, 6) is 0.873. The Balaban J connectivity index is 0.00000300. The number of halogens is 1. The van der Waals surface area contributed by atoms with Crippen LogP contribution in [0.4, 0.5) is 5.69 Å². The zero-order valence-electron chi connectivity index (χ0n) is 17.5. The van der Waals surface area contributed by atoms with E-state index >= 15 is 0 Å². The maximum absolute atomic E-state index is 4.66. The molecule has 2 aromatic rings. The van der Waals surface area contributed by atoms with E-state index in [0.29, 0.717) is 6.54 Å². The van der Waals surface area contributed by atoms with Gasteiger partial charge in [0, 0.05) is 58.2 Å². The van der Waals surface area contributed by atoms with Gasteiger partial charge in [-0.15, -0.1) is 24.0 Å². The third-order valence-electron chi connectivity index (χ3n) is 5.10. The second kappa shape index (κ2) is 12.7. The number of aliphatic imine (C=N–C) groups is 1. The molecule has 0 atom stereocenters. The predicted octanol–water partition coefficient (Wildman–Crippen LogP) is 2.31. The highest BCUT2D eigenvalue weighted by molar-refractivity contribution is 14.0. The normalized spacial score (nSPS) is 15.1. The summed E-state index contributed by atoms with van der Waals surface area (Å²) in [6.45, 7) is 10.1. The average molecular weight is 511 g/mol. The van der Waals surface area contributed by atoms with Gasteiger partial charge >= 0.3 is 0 Å². The Bertz CT molecular complexity index is 724. The summed E-state index contributed by atoms with van der Waals surface area (Å²) in [7, 11) is 1.95. The molecule has 1 aliphatic heterocycles. The molecular weight excluding hydrogens is 477 g/mol. The largest absolute Gasteiger partial charge is 0.369 e. The highest BCUT2D eigenvalue weighted by Crippen LogP contribution is 2.15. The topological polar surface area (TPSA) is 60.7 Å². The number of piperazine rings is 1. The second-order valence-electron chi connectivity index (χ2n) is 7.09. The highest BCUT2D eigenvalue weighted by Gasteiger charge is 2.16. The minimum atomic E-state index is 0. The lowest BCUT2D eigenvalue weighted by atomic mass is 10.2. The maximum Gasteiger partial charge on any atom is 0.191 e. The minimum Gasteiger partial charge on any atom is -0.369 e. The van der Waals surface area contributed by atoms with Gasteiger partial charge in [-0.2, -0.15) is 5.10 Å². The Morgan fingerprint density at radius 2 is 1.83 bits per heavy atom. The molecule has 1 fully saturated rings. The van der Waals surface area contributed by atoms with Gasteiger partial charge < -0.3 is 15.5 Å². The van der Waals surface area contributed by atoms with E-state index in [4.69, 9.17) is 0 Å². The van der Waals surface area contributed by atoms with Crippen molar-refractivity contribution in [1.29, 1.82) is 0 Å². The smallest absolute Gasteiger partial charge is 0.191 e. The lowest BCUT2D eigenvalue weighted by molar-refractivity contribution is 0.255. The third kappa shape index (κ3) is 7.50. The van der Waals surface area contributed by atoms with Crippen LogP contribution in [-0.2, 0) is 13.6 Å². The molecular formula is C21H34IN7. The summed E-state index contributed by atoms with van der Waals surface area (Å²) < 4.78 is 1.86. The first-order chi connectivity index (χ1) is 13.8. The van der Waals surface area contributed by atoms with Crippen molar-refractivity contribution < 1.29 is 0 Å². The molecule has 1 saturated heterocycles. The van der Waals surface area contributed by atoms with Crippen LogP contribution in [0, 0.1) is 0 Å². The molecule has 0 spiro atoms. The fraction of sp³-hybridized carbons (Fsp3) is 0.524. The standard InChI is InChI=1S/C21H33N7.HI/c1-3-22-21(24-18-20-10-12-25-26(20)2)23-11-7-13-27-14-16-28(17-15-27)19-8-5-4-6-9-19;/h4-6,8-10,12H,3,7,11,13-18H2,1-2H3,(H2,22,23,24);1H. The Morgan fingerprint density at radius 1 is 1.07 bits per heavy atom. The zero-order chi connectivity index (χ0) is 19.6. The molecule has 160 valence electrons. The molecule has 0 unspecified atom stereocenters. The van der Waals surface area contributed by atoms with Crippen LogP contribution in [-0.4, -0.2) is 66.5 Å². The van der Waals surface area contributed by atoms with E-state index in [-0.39, 0.29) is 24.0 Å². The molecule has 0 radical (unpaired) electrons. The summed E-state index contributed by atoms with van der Waals surface area (Å²) in [5, 5.41) is 11.0. The Kier molecular flexibility index (Phi) is 10.3. The summed E-state index contributed by atoms with van der Waals surface area (Å²) >= 11 is 0. The van der Waals surface area contributed by atoms with Gasteiger partial charge in [-0.1, -0.05) is 18.2 Å². The van der Waals surface area contributed by atoms with Gasteiger partial charge in [0.05, 0.1) is 12.2 Å². The Hall–Kier alpha value is -1.81. The highest BCUT2D eigenvalue weighted by atomic mass is 127. The van der Waals surface area contributed by atoms with Crippen molar-refractivity contribution in [2.24, 2.45) is 12.0 Å². The first-order valence-corrected chi connectivity index (χ1v) is 10.3.